The third-order valence-corrected chi connectivity index (χ3v) is 1.83. The Morgan fingerprint density at radius 2 is 2.25 bits per heavy atom. The molecule has 0 rings (SSSR count). The molecule has 0 aromatic heterocycles. The second kappa shape index (κ2) is 5.77. The van der Waals surface area contributed by atoms with Crippen LogP contribution in [0.5, 0.6) is 0 Å². The first kappa shape index (κ1) is 11.2. The molecule has 0 aromatic carbocycles. The fourth-order valence-electron chi connectivity index (χ4n) is 1.11. The molecular weight excluding hydrogens is 156 g/mol. The third kappa shape index (κ3) is 4.13. The van der Waals surface area contributed by atoms with Crippen LogP contribution in [0.25, 0.3) is 0 Å². The number of ether oxygens (including phenoxy) is 1. The lowest BCUT2D eigenvalue weighted by Crippen LogP contribution is -2.17. The van der Waals surface area contributed by atoms with Crippen molar-refractivity contribution in [3.63, 3.8) is 0 Å². The Morgan fingerprint density at radius 1 is 1.67 bits per heavy atom. The summed E-state index contributed by atoms with van der Waals surface area (Å²) in [6, 6.07) is 0. The summed E-state index contributed by atoms with van der Waals surface area (Å²) in [7, 11) is 1.64. The van der Waals surface area contributed by atoms with E-state index >= 15 is 0 Å². The molecule has 3 nitrogen and oxygen atoms in total. The monoisotopic (exact) mass is 172 g/mol. The van der Waals surface area contributed by atoms with Gasteiger partial charge in [-0.1, -0.05) is 19.9 Å². The Bertz CT molecular complexity index is 159. The smallest absolute Gasteiger partial charge is 0.327 e. The SMILES string of the molecule is CCC(OC)C(C)/C=C/C(=O)O. The summed E-state index contributed by atoms with van der Waals surface area (Å²) in [6.07, 6.45) is 3.81. The summed E-state index contributed by atoms with van der Waals surface area (Å²) in [5.74, 6) is -0.760. The highest BCUT2D eigenvalue weighted by atomic mass is 16.5. The highest BCUT2D eigenvalue weighted by Gasteiger charge is 2.11. The van der Waals surface area contributed by atoms with Crippen molar-refractivity contribution in [2.24, 2.45) is 5.92 Å². The number of carboxylic acids is 1. The van der Waals surface area contributed by atoms with E-state index in [-0.39, 0.29) is 12.0 Å². The quantitative estimate of drug-likeness (QED) is 0.642. The summed E-state index contributed by atoms with van der Waals surface area (Å²) >= 11 is 0. The van der Waals surface area contributed by atoms with Gasteiger partial charge in [0.05, 0.1) is 6.10 Å². The molecule has 0 bridgehead atoms. The van der Waals surface area contributed by atoms with Crippen LogP contribution in [-0.2, 0) is 9.53 Å². The summed E-state index contributed by atoms with van der Waals surface area (Å²) in [5, 5.41) is 8.36. The van der Waals surface area contributed by atoms with Crippen molar-refractivity contribution in [2.75, 3.05) is 7.11 Å². The lowest BCUT2D eigenvalue weighted by Gasteiger charge is -2.17. The fourth-order valence-corrected chi connectivity index (χ4v) is 1.11. The highest BCUT2D eigenvalue weighted by molar-refractivity contribution is 5.79. The zero-order valence-electron chi connectivity index (χ0n) is 7.78. The van der Waals surface area contributed by atoms with Crippen molar-refractivity contribution in [1.82, 2.24) is 0 Å². The number of carboxylic acid groups (broad SMARTS) is 1. The second-order valence-electron chi connectivity index (χ2n) is 2.74. The molecule has 0 fully saturated rings. The standard InChI is InChI=1S/C9H16O3/c1-4-8(12-3)7(2)5-6-9(10)11/h5-8H,4H2,1-3H3,(H,10,11)/b6-5+. The fraction of sp³-hybridized carbons (Fsp3) is 0.667. The van der Waals surface area contributed by atoms with Crippen molar-refractivity contribution in [2.45, 2.75) is 26.4 Å². The molecule has 0 spiro atoms. The molecule has 0 saturated heterocycles. The zero-order chi connectivity index (χ0) is 9.56. The summed E-state index contributed by atoms with van der Waals surface area (Å²) in [5.41, 5.74) is 0. The van der Waals surface area contributed by atoms with Gasteiger partial charge in [-0.3, -0.25) is 0 Å². The van der Waals surface area contributed by atoms with Gasteiger partial charge in [0.25, 0.3) is 0 Å². The maximum Gasteiger partial charge on any atom is 0.327 e. The first-order valence-corrected chi connectivity index (χ1v) is 4.05. The van der Waals surface area contributed by atoms with Crippen LogP contribution in [-0.4, -0.2) is 24.3 Å². The molecule has 0 saturated carbocycles. The Balaban J connectivity index is 3.99. The predicted octanol–water partition coefficient (Wildman–Crippen LogP) is 1.69. The first-order chi connectivity index (χ1) is 5.61. The van der Waals surface area contributed by atoms with Crippen LogP contribution in [0.2, 0.25) is 0 Å². The minimum absolute atomic E-state index is 0.112. The van der Waals surface area contributed by atoms with E-state index in [1.807, 2.05) is 13.8 Å². The molecule has 2 atom stereocenters. The molecule has 0 radical (unpaired) electrons. The van der Waals surface area contributed by atoms with Gasteiger partial charge in [-0.05, 0) is 6.42 Å². The largest absolute Gasteiger partial charge is 0.478 e. The zero-order valence-corrected chi connectivity index (χ0v) is 7.78. The average Bonchev–Trinajstić information content (AvgIpc) is 2.03. The van der Waals surface area contributed by atoms with Crippen LogP contribution < -0.4 is 0 Å². The second-order valence-corrected chi connectivity index (χ2v) is 2.74. The molecule has 70 valence electrons. The maximum absolute atomic E-state index is 10.2. The van der Waals surface area contributed by atoms with Crippen LogP contribution in [0, 0.1) is 5.92 Å². The molecule has 2 unspecified atom stereocenters. The van der Waals surface area contributed by atoms with E-state index in [2.05, 4.69) is 0 Å². The van der Waals surface area contributed by atoms with Gasteiger partial charge < -0.3 is 9.84 Å². The Labute approximate surface area is 73.0 Å². The molecule has 0 aliphatic heterocycles. The molecule has 0 aliphatic rings. The number of carbonyl (C=O) groups is 1. The summed E-state index contributed by atoms with van der Waals surface area (Å²) < 4.78 is 5.15. The lowest BCUT2D eigenvalue weighted by atomic mass is 10.0. The van der Waals surface area contributed by atoms with Gasteiger partial charge in [0.1, 0.15) is 0 Å². The van der Waals surface area contributed by atoms with Crippen molar-refractivity contribution < 1.29 is 14.6 Å². The number of hydrogen-bond acceptors (Lipinski definition) is 2. The number of aliphatic carboxylic acids is 1. The third-order valence-electron chi connectivity index (χ3n) is 1.83. The number of hydrogen-bond donors (Lipinski definition) is 1. The van der Waals surface area contributed by atoms with Gasteiger partial charge in [-0.2, -0.15) is 0 Å². The van der Waals surface area contributed by atoms with E-state index in [0.717, 1.165) is 12.5 Å². The van der Waals surface area contributed by atoms with Crippen molar-refractivity contribution >= 4 is 5.97 Å². The van der Waals surface area contributed by atoms with E-state index in [1.54, 1.807) is 13.2 Å². The van der Waals surface area contributed by atoms with E-state index in [1.165, 1.54) is 0 Å². The normalized spacial score (nSPS) is 16.2. The van der Waals surface area contributed by atoms with Crippen molar-refractivity contribution in [1.29, 1.82) is 0 Å². The molecular formula is C9H16O3. The van der Waals surface area contributed by atoms with Gasteiger partial charge in [0, 0.05) is 19.1 Å². The average molecular weight is 172 g/mol. The molecule has 3 heteroatoms. The van der Waals surface area contributed by atoms with Gasteiger partial charge >= 0.3 is 5.97 Å². The minimum Gasteiger partial charge on any atom is -0.478 e. The molecule has 0 aromatic rings. The molecule has 12 heavy (non-hydrogen) atoms. The lowest BCUT2D eigenvalue weighted by molar-refractivity contribution is -0.131. The Morgan fingerprint density at radius 3 is 2.58 bits per heavy atom. The van der Waals surface area contributed by atoms with Gasteiger partial charge in [-0.25, -0.2) is 4.79 Å². The highest BCUT2D eigenvalue weighted by Crippen LogP contribution is 2.11. The van der Waals surface area contributed by atoms with Crippen molar-refractivity contribution in [3.05, 3.63) is 12.2 Å². The predicted molar refractivity (Wildman–Crippen MR) is 47.0 cm³/mol. The van der Waals surface area contributed by atoms with Gasteiger partial charge in [0.15, 0.2) is 0 Å². The minimum atomic E-state index is -0.909. The van der Waals surface area contributed by atoms with Crippen molar-refractivity contribution in [3.8, 4) is 0 Å². The molecule has 0 amide bonds. The first-order valence-electron chi connectivity index (χ1n) is 4.05. The Hall–Kier alpha value is -0.830. The van der Waals surface area contributed by atoms with E-state index in [9.17, 15) is 4.79 Å². The van der Waals surface area contributed by atoms with E-state index in [0.29, 0.717) is 0 Å². The van der Waals surface area contributed by atoms with Crippen LogP contribution in [0.15, 0.2) is 12.2 Å². The maximum atomic E-state index is 10.2. The van der Waals surface area contributed by atoms with Gasteiger partial charge in [0.2, 0.25) is 0 Å². The van der Waals surface area contributed by atoms with E-state index in [4.69, 9.17) is 9.84 Å². The van der Waals surface area contributed by atoms with Gasteiger partial charge in [-0.15, -0.1) is 0 Å². The summed E-state index contributed by atoms with van der Waals surface area (Å²) in [4.78, 5) is 10.2. The van der Waals surface area contributed by atoms with Crippen LogP contribution in [0.1, 0.15) is 20.3 Å². The van der Waals surface area contributed by atoms with Crippen LogP contribution in [0.4, 0.5) is 0 Å². The molecule has 1 N–H and O–H groups in total. The topological polar surface area (TPSA) is 46.5 Å². The number of rotatable bonds is 5. The summed E-state index contributed by atoms with van der Waals surface area (Å²) in [6.45, 7) is 3.95. The number of methoxy groups -OCH3 is 1. The van der Waals surface area contributed by atoms with Crippen LogP contribution >= 0.6 is 0 Å². The van der Waals surface area contributed by atoms with E-state index < -0.39 is 5.97 Å². The van der Waals surface area contributed by atoms with Crippen LogP contribution in [0.3, 0.4) is 0 Å². The Kier molecular flexibility index (Phi) is 5.37. The molecule has 0 aliphatic carbocycles. The molecule has 0 heterocycles.